The van der Waals surface area contributed by atoms with Crippen LogP contribution in [0.25, 0.3) is 0 Å². The molecule has 0 radical (unpaired) electrons. The quantitative estimate of drug-likeness (QED) is 0.537. The molecule has 3 saturated carbocycles. The first-order chi connectivity index (χ1) is 13.3. The smallest absolute Gasteiger partial charge is 0.305 e. The fourth-order valence-electron chi connectivity index (χ4n) is 7.42. The van der Waals surface area contributed by atoms with E-state index in [1.165, 1.54) is 52.1 Å². The van der Waals surface area contributed by atoms with Crippen LogP contribution in [-0.4, -0.2) is 18.9 Å². The average Bonchev–Trinajstić information content (AvgIpc) is 3.01. The van der Waals surface area contributed by atoms with Gasteiger partial charge in [-0.15, -0.1) is 0 Å². The van der Waals surface area contributed by atoms with Gasteiger partial charge in [0.25, 0.3) is 0 Å². The second-order valence-electron chi connectivity index (χ2n) is 10.7. The first-order valence-electron chi connectivity index (χ1n) is 11.9. The van der Waals surface area contributed by atoms with E-state index in [4.69, 9.17) is 4.74 Å². The number of esters is 1. The molecule has 0 bridgehead atoms. The molecule has 7 atom stereocenters. The second-order valence-corrected chi connectivity index (χ2v) is 10.7. The number of carbonyl (C=O) groups excluding carboxylic acids is 2. The molecule has 0 aliphatic heterocycles. The van der Waals surface area contributed by atoms with Crippen molar-refractivity contribution in [3.05, 3.63) is 0 Å². The summed E-state index contributed by atoms with van der Waals surface area (Å²) in [6.45, 7) is 7.23. The Labute approximate surface area is 172 Å². The molecule has 160 valence electrons. The Morgan fingerprint density at radius 2 is 1.96 bits per heavy atom. The monoisotopic (exact) mass is 390 g/mol. The molecule has 28 heavy (non-hydrogen) atoms. The van der Waals surface area contributed by atoms with Gasteiger partial charge in [-0.05, 0) is 92.3 Å². The zero-order valence-electron chi connectivity index (χ0n) is 18.7. The summed E-state index contributed by atoms with van der Waals surface area (Å²) in [6, 6.07) is 0. The molecule has 3 rings (SSSR count). The molecule has 3 nitrogen and oxygen atoms in total. The van der Waals surface area contributed by atoms with Crippen molar-refractivity contribution in [1.82, 2.24) is 0 Å². The van der Waals surface area contributed by atoms with Crippen LogP contribution < -0.4 is 0 Å². The molecule has 0 N–H and O–H groups in total. The maximum Gasteiger partial charge on any atom is 0.305 e. The lowest BCUT2D eigenvalue weighted by molar-refractivity contribution is -0.141. The minimum Gasteiger partial charge on any atom is -0.469 e. The van der Waals surface area contributed by atoms with E-state index in [-0.39, 0.29) is 5.97 Å². The highest BCUT2D eigenvalue weighted by molar-refractivity contribution is 5.78. The van der Waals surface area contributed by atoms with Crippen LogP contribution >= 0.6 is 0 Å². The van der Waals surface area contributed by atoms with Crippen molar-refractivity contribution in [2.45, 2.75) is 97.8 Å². The molecule has 0 saturated heterocycles. The standard InChI is InChI=1S/C25H42O3/c1-17-8-10-21-19(6-5-7-20(26)16-17)14-15-25(3)22(11-12-23(21)25)18(2)9-13-24(27)28-4/h17-19,21-23H,5-16H2,1-4H3/t17?,18-,19?,21?,22-,23?,25-/m1/s1. The predicted octanol–water partition coefficient (Wildman–Crippen LogP) is 6.19. The van der Waals surface area contributed by atoms with Gasteiger partial charge in [-0.3, -0.25) is 9.59 Å². The molecule has 3 fully saturated rings. The van der Waals surface area contributed by atoms with Gasteiger partial charge in [-0.2, -0.15) is 0 Å². The summed E-state index contributed by atoms with van der Waals surface area (Å²) < 4.78 is 4.87. The topological polar surface area (TPSA) is 43.4 Å². The van der Waals surface area contributed by atoms with E-state index >= 15 is 0 Å². The first-order valence-corrected chi connectivity index (χ1v) is 11.9. The van der Waals surface area contributed by atoms with Gasteiger partial charge in [0, 0.05) is 19.3 Å². The maximum atomic E-state index is 12.1. The van der Waals surface area contributed by atoms with Crippen LogP contribution in [0.3, 0.4) is 0 Å². The molecule has 0 aromatic carbocycles. The highest BCUT2D eigenvalue weighted by Gasteiger charge is 2.54. The molecule has 0 aromatic rings. The Morgan fingerprint density at radius 3 is 2.71 bits per heavy atom. The molecular weight excluding hydrogens is 348 g/mol. The highest BCUT2D eigenvalue weighted by Crippen LogP contribution is 2.62. The summed E-state index contributed by atoms with van der Waals surface area (Å²) in [5.41, 5.74) is 0.444. The number of ether oxygens (including phenoxy) is 1. The van der Waals surface area contributed by atoms with Gasteiger partial charge in [0.15, 0.2) is 0 Å². The largest absolute Gasteiger partial charge is 0.469 e. The number of Topliss-reactive ketones (excluding diaryl/α,β-unsaturated/α-hetero) is 1. The normalized spacial score (nSPS) is 40.3. The Hall–Kier alpha value is -0.860. The number of hydrogen-bond acceptors (Lipinski definition) is 3. The van der Waals surface area contributed by atoms with Crippen LogP contribution in [0.15, 0.2) is 0 Å². The molecular formula is C25H42O3. The van der Waals surface area contributed by atoms with Crippen molar-refractivity contribution in [3.8, 4) is 0 Å². The van der Waals surface area contributed by atoms with Crippen LogP contribution in [-0.2, 0) is 14.3 Å². The van der Waals surface area contributed by atoms with Gasteiger partial charge < -0.3 is 4.74 Å². The number of fused-ring (bicyclic) bond motifs is 3. The van der Waals surface area contributed by atoms with E-state index < -0.39 is 0 Å². The van der Waals surface area contributed by atoms with Gasteiger partial charge in [-0.25, -0.2) is 0 Å². The molecule has 3 heteroatoms. The van der Waals surface area contributed by atoms with Crippen LogP contribution in [0.1, 0.15) is 97.8 Å². The molecule has 4 unspecified atom stereocenters. The molecule has 3 aliphatic carbocycles. The van der Waals surface area contributed by atoms with E-state index in [9.17, 15) is 9.59 Å². The van der Waals surface area contributed by atoms with Crippen molar-refractivity contribution >= 4 is 11.8 Å². The molecule has 0 spiro atoms. The number of rotatable bonds is 4. The molecule has 3 aliphatic rings. The number of methoxy groups -OCH3 is 1. The van der Waals surface area contributed by atoms with E-state index in [0.717, 1.165) is 49.4 Å². The van der Waals surface area contributed by atoms with E-state index in [1.807, 2.05) is 0 Å². The minimum absolute atomic E-state index is 0.0638. The average molecular weight is 391 g/mol. The third-order valence-electron chi connectivity index (χ3n) is 8.98. The summed E-state index contributed by atoms with van der Waals surface area (Å²) >= 11 is 0. The number of hydrogen-bond donors (Lipinski definition) is 0. The lowest BCUT2D eigenvalue weighted by Gasteiger charge is -2.50. The Morgan fingerprint density at radius 1 is 1.18 bits per heavy atom. The Bertz CT molecular complexity index is 556. The predicted molar refractivity (Wildman–Crippen MR) is 113 cm³/mol. The fraction of sp³-hybridized carbons (Fsp3) is 0.920. The number of ketones is 1. The third-order valence-corrected chi connectivity index (χ3v) is 8.98. The lowest BCUT2D eigenvalue weighted by atomic mass is 9.54. The van der Waals surface area contributed by atoms with Crippen LogP contribution in [0, 0.1) is 40.9 Å². The van der Waals surface area contributed by atoms with Crippen LogP contribution in [0.2, 0.25) is 0 Å². The van der Waals surface area contributed by atoms with Crippen LogP contribution in [0.4, 0.5) is 0 Å². The van der Waals surface area contributed by atoms with E-state index in [0.29, 0.717) is 29.5 Å². The third kappa shape index (κ3) is 4.65. The summed E-state index contributed by atoms with van der Waals surface area (Å²) in [5.74, 6) is 4.86. The molecule has 0 aromatic heterocycles. The molecule has 0 heterocycles. The molecule has 0 amide bonds. The Balaban J connectivity index is 1.70. The van der Waals surface area contributed by atoms with Crippen LogP contribution in [0.5, 0.6) is 0 Å². The van der Waals surface area contributed by atoms with Crippen molar-refractivity contribution in [2.24, 2.45) is 40.9 Å². The van der Waals surface area contributed by atoms with Crippen molar-refractivity contribution in [3.63, 3.8) is 0 Å². The Kier molecular flexibility index (Phi) is 7.26. The van der Waals surface area contributed by atoms with Gasteiger partial charge >= 0.3 is 5.97 Å². The first kappa shape index (κ1) is 21.8. The lowest BCUT2D eigenvalue weighted by Crippen LogP contribution is -2.43. The van der Waals surface area contributed by atoms with Gasteiger partial charge in [0.2, 0.25) is 0 Å². The number of carbonyl (C=O) groups is 2. The zero-order chi connectivity index (χ0) is 20.3. The van der Waals surface area contributed by atoms with Gasteiger partial charge in [0.1, 0.15) is 5.78 Å². The van der Waals surface area contributed by atoms with Crippen molar-refractivity contribution in [2.75, 3.05) is 7.11 Å². The van der Waals surface area contributed by atoms with Crippen molar-refractivity contribution < 1.29 is 14.3 Å². The summed E-state index contributed by atoms with van der Waals surface area (Å²) in [4.78, 5) is 23.7. The summed E-state index contributed by atoms with van der Waals surface area (Å²) in [5, 5.41) is 0. The fourth-order valence-corrected chi connectivity index (χ4v) is 7.42. The van der Waals surface area contributed by atoms with Gasteiger partial charge in [0.05, 0.1) is 7.11 Å². The van der Waals surface area contributed by atoms with Crippen molar-refractivity contribution in [1.29, 1.82) is 0 Å². The SMILES string of the molecule is COC(=O)CC[C@@H](C)[C@H]1CCC2C3CCC(C)CC(=O)CCCC3CC[C@@]21C. The van der Waals surface area contributed by atoms with Gasteiger partial charge in [-0.1, -0.05) is 27.2 Å². The maximum absolute atomic E-state index is 12.1. The summed E-state index contributed by atoms with van der Waals surface area (Å²) in [7, 11) is 1.50. The second kappa shape index (κ2) is 9.30. The van der Waals surface area contributed by atoms with E-state index in [1.54, 1.807) is 0 Å². The zero-order valence-corrected chi connectivity index (χ0v) is 18.7. The minimum atomic E-state index is -0.0638. The van der Waals surface area contributed by atoms with E-state index in [2.05, 4.69) is 20.8 Å². The highest BCUT2D eigenvalue weighted by atomic mass is 16.5. The summed E-state index contributed by atoms with van der Waals surface area (Å²) in [6.07, 6.45) is 13.4.